The third-order valence-electron chi connectivity index (χ3n) is 7.66. The van der Waals surface area contributed by atoms with Gasteiger partial charge in [-0.05, 0) is 48.9 Å². The summed E-state index contributed by atoms with van der Waals surface area (Å²) < 4.78 is 78.9. The van der Waals surface area contributed by atoms with Crippen LogP contribution in [-0.4, -0.2) is 55.6 Å². The maximum absolute atomic E-state index is 15.6. The van der Waals surface area contributed by atoms with E-state index in [1.54, 1.807) is 11.5 Å². The molecule has 0 spiro atoms. The minimum Gasteiger partial charge on any atom is -0.478 e. The summed E-state index contributed by atoms with van der Waals surface area (Å²) in [4.78, 5) is 20.2. The van der Waals surface area contributed by atoms with Crippen molar-refractivity contribution in [3.8, 4) is 22.3 Å². The molecule has 6 rings (SSSR count). The van der Waals surface area contributed by atoms with Gasteiger partial charge in [0, 0.05) is 17.4 Å². The zero-order valence-electron chi connectivity index (χ0n) is 24.8. The number of ether oxygens (including phenoxy) is 3. The molecule has 0 radical (unpaired) electrons. The topological polar surface area (TPSA) is 121 Å². The average molecular weight is 658 g/mol. The first-order chi connectivity index (χ1) is 21.9. The van der Waals surface area contributed by atoms with Crippen molar-refractivity contribution in [1.82, 2.24) is 24.7 Å². The lowest BCUT2D eigenvalue weighted by molar-refractivity contribution is 0.0696. The van der Waals surface area contributed by atoms with Gasteiger partial charge in [-0.15, -0.1) is 5.10 Å². The van der Waals surface area contributed by atoms with Crippen LogP contribution < -0.4 is 9.47 Å². The van der Waals surface area contributed by atoms with Gasteiger partial charge in [-0.3, -0.25) is 0 Å². The Morgan fingerprint density at radius 3 is 2.57 bits per heavy atom. The zero-order valence-corrected chi connectivity index (χ0v) is 25.6. The molecule has 1 atom stereocenters. The highest BCUT2D eigenvalue weighted by Crippen LogP contribution is 2.41. The first kappa shape index (κ1) is 31.4. The number of carboxylic acids is 1. The summed E-state index contributed by atoms with van der Waals surface area (Å²) in [7, 11) is 0. The maximum Gasteiger partial charge on any atom is 0.335 e. The van der Waals surface area contributed by atoms with Crippen LogP contribution in [0.25, 0.3) is 22.3 Å². The van der Waals surface area contributed by atoms with E-state index >= 15 is 13.2 Å². The molecule has 46 heavy (non-hydrogen) atoms. The van der Waals surface area contributed by atoms with Gasteiger partial charge in [-0.1, -0.05) is 30.3 Å². The number of aromatic carboxylic acids is 1. The molecule has 240 valence electrons. The molecule has 5 aromatic rings. The summed E-state index contributed by atoms with van der Waals surface area (Å²) in [6.07, 6.45) is -0.247. The van der Waals surface area contributed by atoms with Crippen molar-refractivity contribution in [3.63, 3.8) is 0 Å². The molecule has 1 aliphatic rings. The van der Waals surface area contributed by atoms with Crippen LogP contribution >= 0.6 is 11.3 Å². The van der Waals surface area contributed by atoms with E-state index in [2.05, 4.69) is 20.2 Å². The van der Waals surface area contributed by atoms with E-state index in [-0.39, 0.29) is 58.9 Å². The highest BCUT2D eigenvalue weighted by atomic mass is 32.1. The second-order valence-corrected chi connectivity index (χ2v) is 12.3. The van der Waals surface area contributed by atoms with Gasteiger partial charge in [0.1, 0.15) is 29.6 Å². The normalized spacial score (nSPS) is 15.8. The van der Waals surface area contributed by atoms with Gasteiger partial charge in [0.25, 0.3) is 11.1 Å². The molecule has 1 saturated heterocycles. The van der Waals surface area contributed by atoms with Crippen molar-refractivity contribution in [2.24, 2.45) is 5.41 Å². The molecule has 1 unspecified atom stereocenters. The largest absolute Gasteiger partial charge is 0.478 e. The summed E-state index contributed by atoms with van der Waals surface area (Å²) >= 11 is 1.11. The third kappa shape index (κ3) is 5.99. The van der Waals surface area contributed by atoms with Gasteiger partial charge >= 0.3 is 5.97 Å². The molecule has 2 aromatic carbocycles. The van der Waals surface area contributed by atoms with E-state index in [1.807, 2.05) is 13.8 Å². The monoisotopic (exact) mass is 657 g/mol. The van der Waals surface area contributed by atoms with Gasteiger partial charge < -0.3 is 23.9 Å². The Morgan fingerprint density at radius 1 is 1.04 bits per heavy atom. The molecular formula is C31H27F4N5O5S. The van der Waals surface area contributed by atoms with Gasteiger partial charge in [-0.25, -0.2) is 32.3 Å². The third-order valence-corrected chi connectivity index (χ3v) is 8.46. The van der Waals surface area contributed by atoms with Crippen molar-refractivity contribution in [3.05, 3.63) is 81.6 Å². The molecule has 0 bridgehead atoms. The summed E-state index contributed by atoms with van der Waals surface area (Å²) in [5.74, 6) is -4.88. The molecule has 15 heteroatoms. The van der Waals surface area contributed by atoms with Crippen molar-refractivity contribution < 1.29 is 41.7 Å². The number of carbonyl (C=O) groups is 1. The van der Waals surface area contributed by atoms with E-state index in [9.17, 15) is 14.3 Å². The number of fused-ring (bicyclic) bond motifs is 1. The molecule has 4 heterocycles. The van der Waals surface area contributed by atoms with Crippen LogP contribution in [-0.2, 0) is 17.8 Å². The van der Waals surface area contributed by atoms with Crippen molar-refractivity contribution in [2.45, 2.75) is 39.8 Å². The fraction of sp³-hybridized carbons (Fsp3) is 0.323. The lowest BCUT2D eigenvalue weighted by atomic mass is 9.87. The van der Waals surface area contributed by atoms with Gasteiger partial charge in [-0.2, -0.15) is 0 Å². The van der Waals surface area contributed by atoms with Gasteiger partial charge in [0.05, 0.1) is 42.6 Å². The summed E-state index contributed by atoms with van der Waals surface area (Å²) in [6, 6.07) is 5.93. The predicted octanol–water partition coefficient (Wildman–Crippen LogP) is 6.37. The quantitative estimate of drug-likeness (QED) is 0.171. The Bertz CT molecular complexity index is 1960. The van der Waals surface area contributed by atoms with Crippen molar-refractivity contribution in [2.75, 3.05) is 19.8 Å². The predicted molar refractivity (Wildman–Crippen MR) is 158 cm³/mol. The molecule has 1 fully saturated rings. The second-order valence-electron chi connectivity index (χ2n) is 11.3. The number of halogens is 4. The van der Waals surface area contributed by atoms with Gasteiger partial charge in [0.2, 0.25) is 0 Å². The molecule has 3 aromatic heterocycles. The molecule has 0 aliphatic carbocycles. The van der Waals surface area contributed by atoms with Crippen LogP contribution in [0.5, 0.6) is 11.1 Å². The minimum atomic E-state index is -1.32. The SMILES string of the molecule is CCOc1nnc(COc2nc(-c3cc(F)c(Cc4nc5c(F)cc(C(=O)O)cc5n4C4COCC4(C)C)cc3F)ccc2F)s1. The van der Waals surface area contributed by atoms with E-state index in [4.69, 9.17) is 14.2 Å². The number of nitrogens with zero attached hydrogens (tertiary/aromatic N) is 5. The standard InChI is InChI=1S/C31H27F4N5O5S/c1-4-44-30-39-38-26(46-30)13-45-28-18(32)5-6-22(36-28)17-11-19(33)15(7-20(17)34)10-25-37-27-21(35)8-16(29(41)42)9-23(27)40(25)24-12-43-14-31(24,2)3/h5-9,11,24H,4,10,12-14H2,1-3H3,(H,41,42). The lowest BCUT2D eigenvalue weighted by Crippen LogP contribution is -2.27. The Labute approximate surface area is 263 Å². The maximum atomic E-state index is 15.6. The molecule has 0 saturated carbocycles. The average Bonchev–Trinajstić information content (AvgIpc) is 3.70. The molecular weight excluding hydrogens is 630 g/mol. The number of hydrogen-bond donors (Lipinski definition) is 1. The highest BCUT2D eigenvalue weighted by molar-refractivity contribution is 7.13. The molecule has 1 aliphatic heterocycles. The number of benzene rings is 2. The molecule has 1 N–H and O–H groups in total. The molecule has 10 nitrogen and oxygen atoms in total. The number of pyridine rings is 1. The van der Waals surface area contributed by atoms with E-state index < -0.39 is 46.6 Å². The van der Waals surface area contributed by atoms with Crippen LogP contribution in [0.15, 0.2) is 36.4 Å². The zero-order chi connectivity index (χ0) is 32.7. The smallest absolute Gasteiger partial charge is 0.335 e. The summed E-state index contributed by atoms with van der Waals surface area (Å²) in [6.45, 7) is 6.49. The highest BCUT2D eigenvalue weighted by Gasteiger charge is 2.39. The molecule has 0 amide bonds. The lowest BCUT2D eigenvalue weighted by Gasteiger charge is -2.28. The van der Waals surface area contributed by atoms with Crippen molar-refractivity contribution in [1.29, 1.82) is 0 Å². The fourth-order valence-electron chi connectivity index (χ4n) is 5.35. The van der Waals surface area contributed by atoms with Crippen LogP contribution in [0, 0.1) is 28.7 Å². The summed E-state index contributed by atoms with van der Waals surface area (Å²) in [5.41, 5.74) is -1.02. The second kappa shape index (κ2) is 12.3. The summed E-state index contributed by atoms with van der Waals surface area (Å²) in [5, 5.41) is 18.0. The van der Waals surface area contributed by atoms with Crippen molar-refractivity contribution >= 4 is 28.3 Å². The Kier molecular flexibility index (Phi) is 8.37. The number of aromatic nitrogens is 5. The Balaban J connectivity index is 1.33. The van der Waals surface area contributed by atoms with E-state index in [0.29, 0.717) is 23.4 Å². The van der Waals surface area contributed by atoms with Crippen LogP contribution in [0.4, 0.5) is 17.6 Å². The minimum absolute atomic E-state index is 0.0769. The van der Waals surface area contributed by atoms with Crippen LogP contribution in [0.2, 0.25) is 0 Å². The Hall–Kier alpha value is -4.63. The number of rotatable bonds is 10. The fourth-order valence-corrected chi connectivity index (χ4v) is 6.01. The number of hydrogen-bond acceptors (Lipinski definition) is 9. The Morgan fingerprint density at radius 2 is 1.85 bits per heavy atom. The van der Waals surface area contributed by atoms with Crippen LogP contribution in [0.1, 0.15) is 53.6 Å². The van der Waals surface area contributed by atoms with Crippen LogP contribution in [0.3, 0.4) is 0 Å². The van der Waals surface area contributed by atoms with E-state index in [0.717, 1.165) is 35.6 Å². The number of imidazole rings is 1. The van der Waals surface area contributed by atoms with Gasteiger partial charge in [0.15, 0.2) is 16.6 Å². The van der Waals surface area contributed by atoms with E-state index in [1.165, 1.54) is 12.1 Å². The number of carboxylic acid groups (broad SMARTS) is 1. The first-order valence-corrected chi connectivity index (χ1v) is 15.0. The first-order valence-electron chi connectivity index (χ1n) is 14.2.